The number of aliphatic hydroxyl groups excluding tert-OH is 1. The predicted molar refractivity (Wildman–Crippen MR) is 86.2 cm³/mol. The van der Waals surface area contributed by atoms with Crippen LogP contribution in [0.25, 0.3) is 0 Å². The minimum Gasteiger partial charge on any atom is -0.390 e. The first-order valence-corrected chi connectivity index (χ1v) is 7.54. The van der Waals surface area contributed by atoms with Crippen molar-refractivity contribution in [1.29, 1.82) is 0 Å². The highest BCUT2D eigenvalue weighted by Gasteiger charge is 2.14. The van der Waals surface area contributed by atoms with E-state index in [0.717, 1.165) is 18.4 Å². The fraction of sp³-hybridized carbons (Fsp3) is 0.368. The topological polar surface area (TPSA) is 29.5 Å². The highest BCUT2D eigenvalue weighted by Crippen LogP contribution is 2.12. The van der Waals surface area contributed by atoms with Crippen LogP contribution in [0.3, 0.4) is 0 Å². The van der Waals surface area contributed by atoms with Gasteiger partial charge < -0.3 is 9.84 Å². The van der Waals surface area contributed by atoms with Crippen LogP contribution in [0, 0.1) is 6.92 Å². The Morgan fingerprint density at radius 3 is 2.43 bits per heavy atom. The van der Waals surface area contributed by atoms with Crippen molar-refractivity contribution in [3.63, 3.8) is 0 Å². The Labute approximate surface area is 127 Å². The molecule has 0 saturated carbocycles. The van der Waals surface area contributed by atoms with Crippen LogP contribution in [0.4, 0.5) is 0 Å². The van der Waals surface area contributed by atoms with Crippen molar-refractivity contribution in [2.75, 3.05) is 0 Å². The molecule has 0 aromatic heterocycles. The average Bonchev–Trinajstić information content (AvgIpc) is 2.51. The first-order chi connectivity index (χ1) is 10.1. The molecule has 0 saturated heterocycles. The van der Waals surface area contributed by atoms with Gasteiger partial charge in [-0.15, -0.1) is 0 Å². The third-order valence-corrected chi connectivity index (χ3v) is 3.71. The second kappa shape index (κ2) is 7.96. The van der Waals surface area contributed by atoms with Gasteiger partial charge in [0.2, 0.25) is 0 Å². The van der Waals surface area contributed by atoms with E-state index in [1.165, 1.54) is 11.1 Å². The fourth-order valence-electron chi connectivity index (χ4n) is 2.33. The number of benzene rings is 2. The fourth-order valence-corrected chi connectivity index (χ4v) is 2.33. The minimum absolute atomic E-state index is 0.157. The molecule has 2 rings (SSSR count). The van der Waals surface area contributed by atoms with Crippen molar-refractivity contribution in [3.8, 4) is 0 Å². The predicted octanol–water partition coefficient (Wildman–Crippen LogP) is 3.89. The van der Waals surface area contributed by atoms with Gasteiger partial charge in [-0.25, -0.2) is 0 Å². The van der Waals surface area contributed by atoms with Crippen LogP contribution >= 0.6 is 0 Å². The molecule has 0 fully saturated rings. The summed E-state index contributed by atoms with van der Waals surface area (Å²) in [7, 11) is 0. The van der Waals surface area contributed by atoms with E-state index in [9.17, 15) is 5.11 Å². The van der Waals surface area contributed by atoms with Crippen LogP contribution in [0.15, 0.2) is 54.6 Å². The van der Waals surface area contributed by atoms with Crippen molar-refractivity contribution in [1.82, 2.24) is 0 Å². The Hall–Kier alpha value is -1.64. The molecule has 2 atom stereocenters. The molecule has 0 unspecified atom stereocenters. The van der Waals surface area contributed by atoms with Gasteiger partial charge in [0.25, 0.3) is 0 Å². The highest BCUT2D eigenvalue weighted by atomic mass is 16.5. The number of ether oxygens (including phenoxy) is 1. The molecule has 0 amide bonds. The lowest BCUT2D eigenvalue weighted by atomic mass is 10.0. The maximum absolute atomic E-state index is 10.2. The summed E-state index contributed by atoms with van der Waals surface area (Å²) in [5.74, 6) is 0. The Bertz CT molecular complexity index is 536. The summed E-state index contributed by atoms with van der Waals surface area (Å²) in [4.78, 5) is 0. The van der Waals surface area contributed by atoms with Gasteiger partial charge >= 0.3 is 0 Å². The third-order valence-electron chi connectivity index (χ3n) is 3.71. The molecular formula is C19H24O2. The Kier molecular flexibility index (Phi) is 5.97. The summed E-state index contributed by atoms with van der Waals surface area (Å²) in [5, 5.41) is 10.2. The Morgan fingerprint density at radius 1 is 1.00 bits per heavy atom. The van der Waals surface area contributed by atoms with E-state index < -0.39 is 6.10 Å². The zero-order chi connectivity index (χ0) is 15.1. The van der Waals surface area contributed by atoms with Gasteiger partial charge in [0.05, 0.1) is 18.8 Å². The number of aliphatic hydroxyl groups is 1. The average molecular weight is 284 g/mol. The zero-order valence-corrected chi connectivity index (χ0v) is 12.8. The minimum atomic E-state index is -0.436. The summed E-state index contributed by atoms with van der Waals surface area (Å²) in [5.41, 5.74) is 3.66. The number of rotatable bonds is 7. The molecule has 2 nitrogen and oxygen atoms in total. The van der Waals surface area contributed by atoms with Gasteiger partial charge in [-0.1, -0.05) is 60.2 Å². The van der Waals surface area contributed by atoms with E-state index >= 15 is 0 Å². The van der Waals surface area contributed by atoms with Crippen molar-refractivity contribution in [2.45, 2.75) is 45.5 Å². The molecular weight excluding hydrogens is 260 g/mol. The van der Waals surface area contributed by atoms with Crippen LogP contribution in [-0.4, -0.2) is 17.3 Å². The van der Waals surface area contributed by atoms with Crippen LogP contribution in [0.2, 0.25) is 0 Å². The number of hydrogen-bond donors (Lipinski definition) is 1. The van der Waals surface area contributed by atoms with Gasteiger partial charge in [0.15, 0.2) is 0 Å². The monoisotopic (exact) mass is 284 g/mol. The summed E-state index contributed by atoms with van der Waals surface area (Å²) < 4.78 is 5.75. The molecule has 21 heavy (non-hydrogen) atoms. The second-order valence-corrected chi connectivity index (χ2v) is 5.60. The van der Waals surface area contributed by atoms with Gasteiger partial charge in [0.1, 0.15) is 0 Å². The molecule has 0 radical (unpaired) electrons. The van der Waals surface area contributed by atoms with Gasteiger partial charge in [0, 0.05) is 0 Å². The molecule has 1 N–H and O–H groups in total. The van der Waals surface area contributed by atoms with Gasteiger partial charge in [-0.05, 0) is 37.8 Å². The van der Waals surface area contributed by atoms with Gasteiger partial charge in [-0.3, -0.25) is 0 Å². The molecule has 112 valence electrons. The Morgan fingerprint density at radius 2 is 1.71 bits per heavy atom. The normalized spacial score (nSPS) is 13.9. The zero-order valence-electron chi connectivity index (χ0n) is 12.8. The summed E-state index contributed by atoms with van der Waals surface area (Å²) in [6.07, 6.45) is 1.01. The smallest absolute Gasteiger partial charge is 0.0810 e. The quantitative estimate of drug-likeness (QED) is 0.835. The lowest BCUT2D eigenvalue weighted by molar-refractivity contribution is -0.0377. The number of aryl methyl sites for hydroxylation is 2. The van der Waals surface area contributed by atoms with E-state index in [0.29, 0.717) is 6.61 Å². The molecule has 0 heterocycles. The van der Waals surface area contributed by atoms with E-state index in [1.807, 2.05) is 37.3 Å². The van der Waals surface area contributed by atoms with Crippen LogP contribution in [-0.2, 0) is 17.8 Å². The third kappa shape index (κ3) is 5.33. The molecule has 0 aliphatic heterocycles. The maximum Gasteiger partial charge on any atom is 0.0810 e. The lowest BCUT2D eigenvalue weighted by Gasteiger charge is -2.19. The van der Waals surface area contributed by atoms with Crippen LogP contribution < -0.4 is 0 Å². The van der Waals surface area contributed by atoms with E-state index in [1.54, 1.807) is 0 Å². The maximum atomic E-state index is 10.2. The van der Waals surface area contributed by atoms with E-state index in [-0.39, 0.29) is 6.10 Å². The van der Waals surface area contributed by atoms with Crippen molar-refractivity contribution in [2.24, 2.45) is 0 Å². The van der Waals surface area contributed by atoms with Crippen LogP contribution in [0.5, 0.6) is 0 Å². The molecule has 0 spiro atoms. The Balaban J connectivity index is 1.76. The standard InChI is InChI=1S/C19H24O2/c1-15-7-6-10-17(13-15)11-12-19(20)16(2)21-14-18-8-4-3-5-9-18/h3-10,13,16,19-20H,11-12,14H2,1-2H3/t16-,19-/m0/s1. The summed E-state index contributed by atoms with van der Waals surface area (Å²) in [6, 6.07) is 18.5. The highest BCUT2D eigenvalue weighted by molar-refractivity contribution is 5.22. The van der Waals surface area contributed by atoms with Crippen molar-refractivity contribution < 1.29 is 9.84 Å². The van der Waals surface area contributed by atoms with E-state index in [4.69, 9.17) is 4.74 Å². The number of hydrogen-bond acceptors (Lipinski definition) is 2. The second-order valence-electron chi connectivity index (χ2n) is 5.60. The van der Waals surface area contributed by atoms with E-state index in [2.05, 4.69) is 31.2 Å². The summed E-state index contributed by atoms with van der Waals surface area (Å²) in [6.45, 7) is 4.57. The molecule has 0 bridgehead atoms. The van der Waals surface area contributed by atoms with Gasteiger partial charge in [-0.2, -0.15) is 0 Å². The SMILES string of the molecule is Cc1cccc(CC[C@H](O)[C@H](C)OCc2ccccc2)c1. The largest absolute Gasteiger partial charge is 0.390 e. The molecule has 2 aromatic carbocycles. The van der Waals surface area contributed by atoms with Crippen molar-refractivity contribution >= 4 is 0 Å². The molecule has 2 heteroatoms. The van der Waals surface area contributed by atoms with Crippen molar-refractivity contribution in [3.05, 3.63) is 71.3 Å². The molecule has 0 aliphatic carbocycles. The molecule has 0 aliphatic rings. The summed E-state index contributed by atoms with van der Waals surface area (Å²) >= 11 is 0. The molecule has 2 aromatic rings. The first-order valence-electron chi connectivity index (χ1n) is 7.54. The first kappa shape index (κ1) is 15.7. The lowest BCUT2D eigenvalue weighted by Crippen LogP contribution is -2.26. The van der Waals surface area contributed by atoms with Crippen LogP contribution in [0.1, 0.15) is 30.0 Å².